The molecule has 0 radical (unpaired) electrons. The lowest BCUT2D eigenvalue weighted by molar-refractivity contribution is 0.0933. The molecule has 1 atom stereocenters. The van der Waals surface area contributed by atoms with E-state index in [0.717, 1.165) is 6.42 Å². The lowest BCUT2D eigenvalue weighted by Crippen LogP contribution is -2.30. The topological polar surface area (TPSA) is 29.9 Å². The lowest BCUT2D eigenvalue weighted by Gasteiger charge is -2.16. The van der Waals surface area contributed by atoms with Gasteiger partial charge in [0.2, 0.25) is 0 Å². The molecule has 0 aromatic carbocycles. The van der Waals surface area contributed by atoms with Crippen LogP contribution >= 0.6 is 0 Å². The van der Waals surface area contributed by atoms with Gasteiger partial charge >= 0.3 is 0 Å². The van der Waals surface area contributed by atoms with Crippen LogP contribution in [0.4, 0.5) is 8.78 Å². The fourth-order valence-corrected chi connectivity index (χ4v) is 1.27. The second kappa shape index (κ2) is 5.05. The molecule has 1 N–H and O–H groups in total. The molecule has 1 rings (SSSR count). The third-order valence-electron chi connectivity index (χ3n) is 2.00. The number of hydrogen-bond donors (Lipinski definition) is 1. The van der Waals surface area contributed by atoms with Crippen molar-refractivity contribution in [2.24, 2.45) is 7.05 Å². The van der Waals surface area contributed by atoms with Crippen LogP contribution in [0, 0.1) is 0 Å². The zero-order valence-electron chi connectivity index (χ0n) is 8.37. The lowest BCUT2D eigenvalue weighted by atomic mass is 10.2. The van der Waals surface area contributed by atoms with Crippen molar-refractivity contribution in [2.45, 2.75) is 25.8 Å². The second-order valence-electron chi connectivity index (χ2n) is 3.16. The summed E-state index contributed by atoms with van der Waals surface area (Å²) in [4.78, 5) is 3.91. The van der Waals surface area contributed by atoms with Crippen LogP contribution in [0.3, 0.4) is 0 Å². The number of aromatic nitrogens is 2. The number of nitrogens with zero attached hydrogens (tertiary/aromatic N) is 2. The maximum absolute atomic E-state index is 12.6. The Hall–Kier alpha value is -0.970. The molecule has 0 aliphatic carbocycles. The van der Waals surface area contributed by atoms with Gasteiger partial charge in [-0.3, -0.25) is 0 Å². The summed E-state index contributed by atoms with van der Waals surface area (Å²) < 4.78 is 26.9. The number of hydrogen-bond acceptors (Lipinski definition) is 2. The van der Waals surface area contributed by atoms with E-state index < -0.39 is 12.5 Å². The van der Waals surface area contributed by atoms with Crippen molar-refractivity contribution in [3.8, 4) is 0 Å². The number of aryl methyl sites for hydroxylation is 1. The van der Waals surface area contributed by atoms with Crippen LogP contribution in [-0.4, -0.2) is 22.5 Å². The van der Waals surface area contributed by atoms with Crippen LogP contribution in [0.5, 0.6) is 0 Å². The zero-order chi connectivity index (χ0) is 10.6. The Balaban J connectivity index is 2.73. The Morgan fingerprint density at radius 3 is 2.71 bits per heavy atom. The molecule has 0 saturated carbocycles. The molecule has 1 unspecified atom stereocenters. The predicted molar refractivity (Wildman–Crippen MR) is 50.2 cm³/mol. The third-order valence-corrected chi connectivity index (χ3v) is 2.00. The van der Waals surface area contributed by atoms with Crippen molar-refractivity contribution in [3.05, 3.63) is 18.2 Å². The molecule has 0 aliphatic heterocycles. The first-order valence-electron chi connectivity index (χ1n) is 4.65. The number of imidazole rings is 1. The molecule has 80 valence electrons. The smallest absolute Gasteiger partial charge is 0.260 e. The van der Waals surface area contributed by atoms with Gasteiger partial charge in [0.1, 0.15) is 11.9 Å². The average molecular weight is 203 g/mol. The predicted octanol–water partition coefficient (Wildman–Crippen LogP) is 1.73. The van der Waals surface area contributed by atoms with Gasteiger partial charge in [-0.15, -0.1) is 0 Å². The van der Waals surface area contributed by atoms with Gasteiger partial charge in [0.15, 0.2) is 0 Å². The van der Waals surface area contributed by atoms with Crippen molar-refractivity contribution < 1.29 is 8.78 Å². The Morgan fingerprint density at radius 1 is 1.57 bits per heavy atom. The van der Waals surface area contributed by atoms with Gasteiger partial charge < -0.3 is 9.88 Å². The Morgan fingerprint density at radius 2 is 2.29 bits per heavy atom. The third kappa shape index (κ3) is 2.51. The monoisotopic (exact) mass is 203 g/mol. The largest absolute Gasteiger partial charge is 0.337 e. The Bertz CT molecular complexity index is 273. The molecule has 5 heteroatoms. The molecule has 1 aromatic rings. The van der Waals surface area contributed by atoms with Crippen molar-refractivity contribution in [2.75, 3.05) is 6.54 Å². The molecular weight excluding hydrogens is 188 g/mol. The number of nitrogens with one attached hydrogen (secondary N) is 1. The first-order chi connectivity index (χ1) is 6.66. The Kier molecular flexibility index (Phi) is 4.00. The summed E-state index contributed by atoms with van der Waals surface area (Å²) in [6.07, 6.45) is 1.59. The molecular formula is C9H15F2N3. The van der Waals surface area contributed by atoms with E-state index in [-0.39, 0.29) is 0 Å². The normalized spacial score (nSPS) is 13.5. The highest BCUT2D eigenvalue weighted by molar-refractivity contribution is 4.99. The fourth-order valence-electron chi connectivity index (χ4n) is 1.27. The molecule has 1 aromatic heterocycles. The average Bonchev–Trinajstić information content (AvgIpc) is 2.52. The van der Waals surface area contributed by atoms with Crippen molar-refractivity contribution in [1.29, 1.82) is 0 Å². The number of rotatable bonds is 5. The van der Waals surface area contributed by atoms with Crippen LogP contribution in [0.25, 0.3) is 0 Å². The number of alkyl halides is 2. The van der Waals surface area contributed by atoms with Crippen molar-refractivity contribution >= 4 is 0 Å². The van der Waals surface area contributed by atoms with E-state index in [2.05, 4.69) is 10.3 Å². The minimum absolute atomic E-state index is 0.383. The summed E-state index contributed by atoms with van der Waals surface area (Å²) in [5.41, 5.74) is 0. The highest BCUT2D eigenvalue weighted by Gasteiger charge is 2.24. The molecule has 0 amide bonds. The quantitative estimate of drug-likeness (QED) is 0.789. The molecule has 1 heterocycles. The summed E-state index contributed by atoms with van der Waals surface area (Å²) in [7, 11) is 1.71. The van der Waals surface area contributed by atoms with Gasteiger partial charge in [0.25, 0.3) is 6.43 Å². The van der Waals surface area contributed by atoms with E-state index in [0.29, 0.717) is 12.4 Å². The highest BCUT2D eigenvalue weighted by Crippen LogP contribution is 2.18. The molecule has 0 bridgehead atoms. The molecule has 3 nitrogen and oxygen atoms in total. The van der Waals surface area contributed by atoms with Crippen LogP contribution in [-0.2, 0) is 7.05 Å². The van der Waals surface area contributed by atoms with Gasteiger partial charge in [0, 0.05) is 19.4 Å². The fraction of sp³-hybridized carbons (Fsp3) is 0.667. The first kappa shape index (κ1) is 11.1. The van der Waals surface area contributed by atoms with Crippen LogP contribution in [0.1, 0.15) is 25.2 Å². The van der Waals surface area contributed by atoms with Crippen LogP contribution in [0.15, 0.2) is 12.4 Å². The minimum atomic E-state index is -2.43. The SMILES string of the molecule is CCCNC(c1nccn1C)C(F)F. The zero-order valence-corrected chi connectivity index (χ0v) is 8.37. The summed E-state index contributed by atoms with van der Waals surface area (Å²) >= 11 is 0. The van der Waals surface area contributed by atoms with E-state index in [1.807, 2.05) is 6.92 Å². The van der Waals surface area contributed by atoms with E-state index >= 15 is 0 Å². The molecule has 0 spiro atoms. The highest BCUT2D eigenvalue weighted by atomic mass is 19.3. The summed E-state index contributed by atoms with van der Waals surface area (Å²) in [6.45, 7) is 2.51. The van der Waals surface area contributed by atoms with E-state index in [1.54, 1.807) is 17.8 Å². The summed E-state index contributed by atoms with van der Waals surface area (Å²) in [5.74, 6) is 0.383. The van der Waals surface area contributed by atoms with Crippen molar-refractivity contribution in [3.63, 3.8) is 0 Å². The minimum Gasteiger partial charge on any atom is -0.337 e. The van der Waals surface area contributed by atoms with E-state index in [1.165, 1.54) is 6.20 Å². The van der Waals surface area contributed by atoms with E-state index in [9.17, 15) is 8.78 Å². The maximum Gasteiger partial charge on any atom is 0.260 e. The maximum atomic E-state index is 12.6. The molecule has 0 fully saturated rings. The van der Waals surface area contributed by atoms with Gasteiger partial charge in [-0.2, -0.15) is 0 Å². The van der Waals surface area contributed by atoms with Gasteiger partial charge in [-0.1, -0.05) is 6.92 Å². The van der Waals surface area contributed by atoms with E-state index in [4.69, 9.17) is 0 Å². The Labute approximate surface area is 82.1 Å². The molecule has 0 aliphatic rings. The summed E-state index contributed by atoms with van der Waals surface area (Å²) in [5, 5.41) is 2.78. The summed E-state index contributed by atoms with van der Waals surface area (Å²) in [6, 6.07) is -0.963. The standard InChI is InChI=1S/C9H15F2N3/c1-3-4-12-7(8(10)11)9-13-5-6-14(9)2/h5-8,12H,3-4H2,1-2H3. The second-order valence-corrected chi connectivity index (χ2v) is 3.16. The molecule has 14 heavy (non-hydrogen) atoms. The van der Waals surface area contributed by atoms with Gasteiger partial charge in [0.05, 0.1) is 0 Å². The molecule has 0 saturated heterocycles. The van der Waals surface area contributed by atoms with Gasteiger partial charge in [-0.05, 0) is 13.0 Å². The van der Waals surface area contributed by atoms with Crippen LogP contribution in [0.2, 0.25) is 0 Å². The van der Waals surface area contributed by atoms with Crippen molar-refractivity contribution in [1.82, 2.24) is 14.9 Å². The number of halogens is 2. The first-order valence-corrected chi connectivity index (χ1v) is 4.65. The van der Waals surface area contributed by atoms with Crippen LogP contribution < -0.4 is 5.32 Å². The van der Waals surface area contributed by atoms with Gasteiger partial charge in [-0.25, -0.2) is 13.8 Å².